The van der Waals surface area contributed by atoms with Crippen LogP contribution in [0.25, 0.3) is 0 Å². The molecule has 1 saturated heterocycles. The third-order valence-electron chi connectivity index (χ3n) is 11.5. The molecule has 1 aromatic heterocycles. The van der Waals surface area contributed by atoms with E-state index >= 15 is 0 Å². The van der Waals surface area contributed by atoms with Gasteiger partial charge >= 0.3 is 18.0 Å². The third-order valence-corrected chi connectivity index (χ3v) is 12.4. The quantitative estimate of drug-likeness (QED) is 0.0445. The molecule has 1 aliphatic heterocycles. The maximum absolute atomic E-state index is 14.9. The summed E-state index contributed by atoms with van der Waals surface area (Å²) >= 11 is 1.09. The van der Waals surface area contributed by atoms with Gasteiger partial charge in [0.05, 0.1) is 13.2 Å². The molecule has 356 valence electrons. The lowest BCUT2D eigenvalue weighted by atomic mass is 9.92. The van der Waals surface area contributed by atoms with Crippen LogP contribution >= 0.6 is 11.3 Å². The number of hydrogen-bond acceptors (Lipinski definition) is 14. The standard InChI is InChI=1S/C45H69N7O11S/c1-10-15-38(55)62-26-52(44(59)39(28(5)11-2)48-42(58)35-16-13-12-14-21-51(35)8)36(27(3)4)24-37(63-30(7)53)43-47-34(25-64-43)41(57)46-32(23-31-17-19-33(54)20-18-31)22-29(6)40(56)49-50-45(60)61-9/h17-20,25,27-29,32,35-37,39,54H,10-16,21-24,26H2,1-9H3,(H,46,57)(H,48,58)(H,49,56)(H,50,60)/t28?,29-,32+,35+,36+,37+,39-/m0/s1. The lowest BCUT2D eigenvalue weighted by Crippen LogP contribution is -2.58. The van der Waals surface area contributed by atoms with Gasteiger partial charge in [-0.1, -0.05) is 72.9 Å². The van der Waals surface area contributed by atoms with Gasteiger partial charge in [-0.25, -0.2) is 15.2 Å². The summed E-state index contributed by atoms with van der Waals surface area (Å²) in [6, 6.07) is 3.75. The highest BCUT2D eigenvalue weighted by Crippen LogP contribution is 2.32. The van der Waals surface area contributed by atoms with Crippen LogP contribution in [0.15, 0.2) is 29.6 Å². The molecule has 1 aliphatic rings. The SMILES string of the molecule is CCCC(=O)OCN(C(=O)[C@@H](NC(=O)[C@H]1CCCCCN1C)C(C)CC)[C@H](C[C@@H](OC(C)=O)c1nc(C(=O)N[C@@H](Cc2ccc(O)cc2)C[C@H](C)C(=O)NNC(=O)OC)cs1)C(C)C. The van der Waals surface area contributed by atoms with Gasteiger partial charge in [0.2, 0.25) is 17.7 Å². The molecule has 18 nitrogen and oxygen atoms in total. The summed E-state index contributed by atoms with van der Waals surface area (Å²) in [5, 5.41) is 17.7. The highest BCUT2D eigenvalue weighted by molar-refractivity contribution is 7.09. The molecular formula is C45H69N7O11S. The Kier molecular flexibility index (Phi) is 21.9. The molecule has 7 atom stereocenters. The molecule has 0 radical (unpaired) electrons. The van der Waals surface area contributed by atoms with Crippen molar-refractivity contribution < 1.29 is 52.9 Å². The largest absolute Gasteiger partial charge is 0.508 e. The summed E-state index contributed by atoms with van der Waals surface area (Å²) < 4.78 is 16.0. The lowest BCUT2D eigenvalue weighted by molar-refractivity contribution is -0.160. The number of methoxy groups -OCH3 is 1. The number of carbonyl (C=O) groups excluding carboxylic acids is 7. The molecule has 0 spiro atoms. The van der Waals surface area contributed by atoms with Gasteiger partial charge in [-0.15, -0.1) is 11.3 Å². The number of esters is 2. The topological polar surface area (TPSA) is 235 Å². The second kappa shape index (κ2) is 26.5. The molecule has 5 amide bonds. The first kappa shape index (κ1) is 53.0. The lowest BCUT2D eigenvalue weighted by Gasteiger charge is -2.39. The number of phenols is 1. The average molecular weight is 916 g/mol. The Balaban J connectivity index is 1.95. The summed E-state index contributed by atoms with van der Waals surface area (Å²) in [6.45, 7) is 12.7. The fourth-order valence-corrected chi connectivity index (χ4v) is 8.38. The van der Waals surface area contributed by atoms with Crippen molar-refractivity contribution in [3.05, 3.63) is 45.9 Å². The summed E-state index contributed by atoms with van der Waals surface area (Å²) in [5.41, 5.74) is 5.22. The highest BCUT2D eigenvalue weighted by atomic mass is 32.1. The van der Waals surface area contributed by atoms with Crippen molar-refractivity contribution in [1.29, 1.82) is 0 Å². The molecule has 2 aromatic rings. The summed E-state index contributed by atoms with van der Waals surface area (Å²) in [6.07, 6.45) is 3.36. The van der Waals surface area contributed by atoms with Crippen LogP contribution in [-0.2, 0) is 44.6 Å². The minimum atomic E-state index is -1.03. The Hall–Kier alpha value is -5.30. The molecule has 0 aliphatic carbocycles. The van der Waals surface area contributed by atoms with Crippen LogP contribution in [-0.4, -0.2) is 113 Å². The third kappa shape index (κ3) is 16.7. The number of benzene rings is 1. The number of nitrogens with zero attached hydrogens (tertiary/aromatic N) is 3. The van der Waals surface area contributed by atoms with Crippen molar-refractivity contribution in [2.45, 2.75) is 143 Å². The van der Waals surface area contributed by atoms with Crippen LogP contribution in [0.4, 0.5) is 4.79 Å². The molecule has 1 unspecified atom stereocenters. The zero-order valence-corrected chi connectivity index (χ0v) is 39.6. The molecule has 5 N–H and O–H groups in total. The molecule has 64 heavy (non-hydrogen) atoms. The van der Waals surface area contributed by atoms with Crippen LogP contribution in [0.1, 0.15) is 133 Å². The number of likely N-dealkylation sites (tertiary alicyclic amines) is 1. The second-order valence-corrected chi connectivity index (χ2v) is 17.8. The van der Waals surface area contributed by atoms with Gasteiger partial charge in [-0.05, 0) is 75.2 Å². The van der Waals surface area contributed by atoms with Crippen molar-refractivity contribution in [1.82, 2.24) is 36.3 Å². The van der Waals surface area contributed by atoms with Crippen LogP contribution < -0.4 is 21.5 Å². The summed E-state index contributed by atoms with van der Waals surface area (Å²) in [5.74, 6) is -4.07. The predicted molar refractivity (Wildman–Crippen MR) is 239 cm³/mol. The average Bonchev–Trinajstić information content (AvgIpc) is 3.65. The fraction of sp³-hybridized carbons (Fsp3) is 0.644. The fourth-order valence-electron chi connectivity index (χ4n) is 7.54. The Labute approximate surface area is 380 Å². The number of thiazole rings is 1. The van der Waals surface area contributed by atoms with E-state index in [9.17, 15) is 38.7 Å². The van der Waals surface area contributed by atoms with Gasteiger partial charge < -0.3 is 34.9 Å². The number of amides is 5. The summed E-state index contributed by atoms with van der Waals surface area (Å²) in [7, 11) is 3.07. The Morgan fingerprint density at radius 1 is 0.969 bits per heavy atom. The van der Waals surface area contributed by atoms with Crippen LogP contribution in [0, 0.1) is 17.8 Å². The minimum Gasteiger partial charge on any atom is -0.508 e. The molecular weight excluding hydrogens is 847 g/mol. The second-order valence-electron chi connectivity index (χ2n) is 16.9. The first-order chi connectivity index (χ1) is 30.4. The van der Waals surface area contributed by atoms with Gasteiger partial charge in [0.15, 0.2) is 12.8 Å². The van der Waals surface area contributed by atoms with Gasteiger partial charge in [-0.3, -0.25) is 39.1 Å². The van der Waals surface area contributed by atoms with E-state index in [4.69, 9.17) is 9.47 Å². The van der Waals surface area contributed by atoms with E-state index < -0.39 is 78.7 Å². The monoisotopic (exact) mass is 915 g/mol. The van der Waals surface area contributed by atoms with E-state index in [1.54, 1.807) is 19.1 Å². The van der Waals surface area contributed by atoms with Crippen LogP contribution in [0.2, 0.25) is 0 Å². The number of likely N-dealkylation sites (N-methyl/N-ethyl adjacent to an activating group) is 1. The van der Waals surface area contributed by atoms with E-state index in [2.05, 4.69) is 31.2 Å². The van der Waals surface area contributed by atoms with E-state index in [0.29, 0.717) is 19.3 Å². The minimum absolute atomic E-state index is 0.0165. The van der Waals surface area contributed by atoms with Crippen molar-refractivity contribution in [2.75, 3.05) is 27.4 Å². The number of rotatable bonds is 22. The first-order valence-electron chi connectivity index (χ1n) is 22.2. The Morgan fingerprint density at radius 3 is 2.30 bits per heavy atom. The van der Waals surface area contributed by atoms with Gasteiger partial charge in [0.1, 0.15) is 22.5 Å². The smallest absolute Gasteiger partial charge is 0.425 e. The zero-order valence-electron chi connectivity index (χ0n) is 38.8. The van der Waals surface area contributed by atoms with E-state index in [0.717, 1.165) is 49.8 Å². The van der Waals surface area contributed by atoms with Gasteiger partial charge in [-0.2, -0.15) is 0 Å². The first-order valence-corrected chi connectivity index (χ1v) is 23.1. The Morgan fingerprint density at radius 2 is 1.67 bits per heavy atom. The van der Waals surface area contributed by atoms with Gasteiger partial charge in [0.25, 0.3) is 5.91 Å². The van der Waals surface area contributed by atoms with Crippen molar-refractivity contribution in [3.8, 4) is 5.75 Å². The van der Waals surface area contributed by atoms with E-state index in [1.807, 2.05) is 46.6 Å². The number of phenolic OH excluding ortho intramolecular Hbond substituents is 1. The number of hydrogen-bond donors (Lipinski definition) is 5. The molecule has 1 aromatic carbocycles. The van der Waals surface area contributed by atoms with E-state index in [-0.39, 0.29) is 59.9 Å². The Bertz CT molecular complexity index is 1860. The number of aromatic nitrogens is 1. The van der Waals surface area contributed by atoms with Crippen LogP contribution in [0.5, 0.6) is 5.75 Å². The molecule has 0 bridgehead atoms. The maximum Gasteiger partial charge on any atom is 0.425 e. The number of ether oxygens (including phenoxy) is 3. The van der Waals surface area contributed by atoms with Crippen LogP contribution in [0.3, 0.4) is 0 Å². The molecule has 2 heterocycles. The predicted octanol–water partition coefficient (Wildman–Crippen LogP) is 5.16. The van der Waals surface area contributed by atoms with Crippen molar-refractivity contribution >= 4 is 53.0 Å². The molecule has 1 fully saturated rings. The van der Waals surface area contributed by atoms with Crippen molar-refractivity contribution in [3.63, 3.8) is 0 Å². The molecule has 0 saturated carbocycles. The highest BCUT2D eigenvalue weighted by Gasteiger charge is 2.39. The molecule has 19 heteroatoms. The normalized spacial score (nSPS) is 17.0. The van der Waals surface area contributed by atoms with Gasteiger partial charge in [0, 0.05) is 43.1 Å². The van der Waals surface area contributed by atoms with Crippen molar-refractivity contribution in [2.24, 2.45) is 17.8 Å². The number of aromatic hydroxyl groups is 1. The number of carbonyl (C=O) groups is 7. The number of hydrazine groups is 1. The summed E-state index contributed by atoms with van der Waals surface area (Å²) in [4.78, 5) is 101. The maximum atomic E-state index is 14.9. The number of nitrogens with one attached hydrogen (secondary N) is 4. The zero-order chi connectivity index (χ0) is 47.5. The molecule has 3 rings (SSSR count). The van der Waals surface area contributed by atoms with E-state index in [1.165, 1.54) is 29.3 Å².